The van der Waals surface area contributed by atoms with E-state index in [0.717, 1.165) is 57.8 Å². The molecule has 0 bridgehead atoms. The zero-order valence-corrected chi connectivity index (χ0v) is 40.9. The summed E-state index contributed by atoms with van der Waals surface area (Å²) in [5, 5.41) is 7.65. The molecule has 3 aromatic heterocycles. The van der Waals surface area contributed by atoms with E-state index in [0.29, 0.717) is 55.4 Å². The second-order valence-electron chi connectivity index (χ2n) is 19.4. The van der Waals surface area contributed by atoms with E-state index in [9.17, 15) is 19.2 Å². The Bertz CT molecular complexity index is 2430. The highest BCUT2D eigenvalue weighted by Gasteiger charge is 2.36. The Kier molecular flexibility index (Phi) is 14.7. The van der Waals surface area contributed by atoms with Crippen molar-refractivity contribution in [3.63, 3.8) is 0 Å². The minimum atomic E-state index is -1.06. The number of amides is 2. The Morgan fingerprint density at radius 1 is 1.05 bits per heavy atom. The number of benzene rings is 1. The average molecular weight is 932 g/mol. The lowest BCUT2D eigenvalue weighted by Gasteiger charge is -2.37. The summed E-state index contributed by atoms with van der Waals surface area (Å²) in [5.41, 5.74) is 8.90. The summed E-state index contributed by atoms with van der Waals surface area (Å²) in [4.78, 5) is 64.3. The number of anilines is 1. The van der Waals surface area contributed by atoms with E-state index >= 15 is 0 Å². The first kappa shape index (κ1) is 48.6. The van der Waals surface area contributed by atoms with Gasteiger partial charge < -0.3 is 43.2 Å². The smallest absolute Gasteiger partial charge is 0.408 e. The van der Waals surface area contributed by atoms with E-state index in [2.05, 4.69) is 60.0 Å². The molecule has 0 unspecified atom stereocenters. The number of pyridine rings is 1. The quantitative estimate of drug-likeness (QED) is 0.0997. The number of carbonyl (C=O) groups is 4. The first-order chi connectivity index (χ1) is 31.2. The molecule has 1 aromatic carbocycles. The van der Waals surface area contributed by atoms with E-state index in [1.165, 1.54) is 30.4 Å². The van der Waals surface area contributed by atoms with Crippen LogP contribution >= 0.6 is 11.3 Å². The SMILES string of the molecule is COC(=O)[C@@H]1CCCN(C(=O)[C@H](Cc2nc(-c3cc4c5c(c3)c(CC(C)(C)COC(C)=O)c(-c3cc(N6C[C@@H](C)O[C@H](C)C6)cnc3[C@H](C)OC)n5CCO4)cs2)NC(=O)OC(C)(C)C)N1. The standard InChI is InChI=1S/C48H65N7O10S/c1-27-23-53(24-28(2)64-27)32-19-34(41(49-22-32)29(3)60-10)42-35(21-48(8,9)26-63-30(4)56)33-17-31(18-39-43(33)54(42)15-16-62-39)38-25-66-40(50-38)20-37(51-46(59)65-47(5,6)7)44(57)55-14-12-13-36(52-55)45(58)61-11/h17-19,22,25,27-29,36-37,52H,12-16,20-21,23-24,26H2,1-11H3,(H,51,59)/t27-,28-,29+,36+,37+/m1/s1. The molecule has 3 aliphatic heterocycles. The zero-order chi connectivity index (χ0) is 47.7. The number of methoxy groups -OCH3 is 2. The van der Waals surface area contributed by atoms with E-state index in [4.69, 9.17) is 38.4 Å². The van der Waals surface area contributed by atoms with Crippen LogP contribution in [0.5, 0.6) is 5.75 Å². The number of ether oxygens (including phenoxy) is 6. The highest BCUT2D eigenvalue weighted by Crippen LogP contribution is 2.47. The molecule has 358 valence electrons. The molecule has 0 radical (unpaired) electrons. The summed E-state index contributed by atoms with van der Waals surface area (Å²) in [6.07, 6.45) is 2.64. The van der Waals surface area contributed by atoms with Crippen molar-refractivity contribution < 1.29 is 47.6 Å². The predicted molar refractivity (Wildman–Crippen MR) is 250 cm³/mol. The van der Waals surface area contributed by atoms with Crippen molar-refractivity contribution in [2.45, 2.75) is 131 Å². The fraction of sp³-hybridized carbons (Fsp3) is 0.583. The minimum absolute atomic E-state index is 0.0499. The lowest BCUT2D eigenvalue weighted by Crippen LogP contribution is -2.60. The molecule has 2 saturated heterocycles. The predicted octanol–water partition coefficient (Wildman–Crippen LogP) is 6.78. The molecule has 2 amide bonds. The van der Waals surface area contributed by atoms with Gasteiger partial charge in [0, 0.05) is 67.4 Å². The van der Waals surface area contributed by atoms with Crippen LogP contribution < -0.4 is 20.4 Å². The van der Waals surface area contributed by atoms with Crippen molar-refractivity contribution in [1.29, 1.82) is 0 Å². The maximum atomic E-state index is 14.1. The number of nitrogens with zero attached hydrogens (tertiary/aromatic N) is 5. The third-order valence-electron chi connectivity index (χ3n) is 12.0. The maximum Gasteiger partial charge on any atom is 0.408 e. The van der Waals surface area contributed by atoms with Crippen LogP contribution in [-0.4, -0.2) is 120 Å². The summed E-state index contributed by atoms with van der Waals surface area (Å²) >= 11 is 1.37. The molecule has 66 heavy (non-hydrogen) atoms. The van der Waals surface area contributed by atoms with Gasteiger partial charge in [0.1, 0.15) is 30.0 Å². The summed E-state index contributed by atoms with van der Waals surface area (Å²) in [6.45, 7) is 20.1. The number of hydrazine groups is 1. The van der Waals surface area contributed by atoms with E-state index < -0.39 is 41.1 Å². The average Bonchev–Trinajstić information content (AvgIpc) is 3.86. The van der Waals surface area contributed by atoms with Gasteiger partial charge in [-0.25, -0.2) is 15.2 Å². The Balaban J connectivity index is 1.32. The summed E-state index contributed by atoms with van der Waals surface area (Å²) in [5.74, 6) is -0.546. The molecule has 5 atom stereocenters. The van der Waals surface area contributed by atoms with Crippen molar-refractivity contribution >= 4 is 51.9 Å². The first-order valence-electron chi connectivity index (χ1n) is 22.7. The molecule has 6 heterocycles. The second-order valence-corrected chi connectivity index (χ2v) is 20.3. The topological polar surface area (TPSA) is 185 Å². The molecule has 0 aliphatic carbocycles. The van der Waals surface area contributed by atoms with E-state index in [1.807, 2.05) is 24.6 Å². The van der Waals surface area contributed by atoms with Crippen LogP contribution in [0.4, 0.5) is 10.5 Å². The lowest BCUT2D eigenvalue weighted by molar-refractivity contribution is -0.150. The van der Waals surface area contributed by atoms with Crippen LogP contribution in [-0.2, 0) is 57.5 Å². The molecule has 2 fully saturated rings. The first-order valence-corrected chi connectivity index (χ1v) is 23.6. The molecule has 4 aromatic rings. The minimum Gasteiger partial charge on any atom is -0.489 e. The molecule has 0 saturated carbocycles. The van der Waals surface area contributed by atoms with Gasteiger partial charge in [0.25, 0.3) is 5.91 Å². The third-order valence-corrected chi connectivity index (χ3v) is 12.8. The van der Waals surface area contributed by atoms with Crippen LogP contribution in [0.25, 0.3) is 33.4 Å². The molecular formula is C48H65N7O10S. The van der Waals surface area contributed by atoms with Gasteiger partial charge in [-0.3, -0.25) is 24.4 Å². The Morgan fingerprint density at radius 2 is 1.79 bits per heavy atom. The molecule has 3 aliphatic rings. The fourth-order valence-electron chi connectivity index (χ4n) is 9.02. The monoisotopic (exact) mass is 931 g/mol. The number of rotatable bonds is 14. The van der Waals surface area contributed by atoms with Crippen molar-refractivity contribution in [2.75, 3.05) is 52.0 Å². The van der Waals surface area contributed by atoms with Crippen LogP contribution in [0.1, 0.15) is 97.5 Å². The zero-order valence-electron chi connectivity index (χ0n) is 40.1. The number of hydrogen-bond acceptors (Lipinski definition) is 15. The number of thiazole rings is 1. The number of carbonyl (C=O) groups excluding carboxylic acids is 4. The fourth-order valence-corrected chi connectivity index (χ4v) is 9.87. The highest BCUT2D eigenvalue weighted by molar-refractivity contribution is 7.10. The molecular weight excluding hydrogens is 867 g/mol. The molecule has 7 rings (SSSR count). The van der Waals surface area contributed by atoms with Crippen LogP contribution in [0.2, 0.25) is 0 Å². The van der Waals surface area contributed by atoms with Gasteiger partial charge in [0.05, 0.1) is 78.1 Å². The number of aromatic nitrogens is 3. The van der Waals surface area contributed by atoms with Crippen molar-refractivity contribution in [3.05, 3.63) is 46.0 Å². The second kappa shape index (κ2) is 19.9. The van der Waals surface area contributed by atoms with Gasteiger partial charge in [-0.2, -0.15) is 0 Å². The highest BCUT2D eigenvalue weighted by atomic mass is 32.1. The number of morpholine rings is 1. The van der Waals surface area contributed by atoms with Gasteiger partial charge in [-0.15, -0.1) is 11.3 Å². The van der Waals surface area contributed by atoms with Gasteiger partial charge in [-0.05, 0) is 84.6 Å². The normalized spacial score (nSPS) is 19.8. The Hall–Kier alpha value is -5.30. The van der Waals surface area contributed by atoms with Gasteiger partial charge >= 0.3 is 18.0 Å². The summed E-state index contributed by atoms with van der Waals surface area (Å²) < 4.78 is 37.0. The number of alkyl carbamates (subject to hydrolysis) is 1. The third kappa shape index (κ3) is 11.1. The molecule has 0 spiro atoms. The van der Waals surface area contributed by atoms with Crippen LogP contribution in [0, 0.1) is 5.41 Å². The van der Waals surface area contributed by atoms with Gasteiger partial charge in [-0.1, -0.05) is 13.8 Å². The largest absolute Gasteiger partial charge is 0.489 e. The number of esters is 2. The van der Waals surface area contributed by atoms with Crippen LogP contribution in [0.15, 0.2) is 29.8 Å². The van der Waals surface area contributed by atoms with Gasteiger partial charge in [0.15, 0.2) is 0 Å². The molecule has 17 nitrogen and oxygen atoms in total. The Morgan fingerprint density at radius 3 is 2.47 bits per heavy atom. The van der Waals surface area contributed by atoms with Gasteiger partial charge in [0.2, 0.25) is 0 Å². The maximum absolute atomic E-state index is 14.1. The molecule has 18 heteroatoms. The Labute approximate surface area is 390 Å². The molecule has 2 N–H and O–H groups in total. The van der Waals surface area contributed by atoms with E-state index in [1.54, 1.807) is 27.9 Å². The van der Waals surface area contributed by atoms with Crippen molar-refractivity contribution in [3.8, 4) is 28.3 Å². The van der Waals surface area contributed by atoms with Crippen molar-refractivity contribution in [1.82, 2.24) is 30.3 Å². The number of nitrogens with one attached hydrogen (secondary N) is 2. The number of hydrogen-bond donors (Lipinski definition) is 2. The summed E-state index contributed by atoms with van der Waals surface area (Å²) in [7, 11) is 3.00. The van der Waals surface area contributed by atoms with E-state index in [-0.39, 0.29) is 37.3 Å². The van der Waals surface area contributed by atoms with Crippen LogP contribution in [0.3, 0.4) is 0 Å². The summed E-state index contributed by atoms with van der Waals surface area (Å²) in [6, 6.07) is 4.61. The van der Waals surface area contributed by atoms with Crippen molar-refractivity contribution in [2.24, 2.45) is 5.41 Å². The lowest BCUT2D eigenvalue weighted by atomic mass is 9.84.